The second kappa shape index (κ2) is 9.94. The van der Waals surface area contributed by atoms with Gasteiger partial charge in [-0.3, -0.25) is 4.79 Å². The fraction of sp³-hybridized carbons (Fsp3) is 0.667. The molecule has 0 spiro atoms. The van der Waals surface area contributed by atoms with E-state index in [1.807, 2.05) is 6.92 Å². The van der Waals surface area contributed by atoms with Crippen molar-refractivity contribution in [3.8, 4) is 0 Å². The zero-order chi connectivity index (χ0) is 16.4. The molecule has 0 radical (unpaired) electrons. The van der Waals surface area contributed by atoms with Crippen LogP contribution in [0, 0.1) is 0 Å². The van der Waals surface area contributed by atoms with Crippen LogP contribution in [-0.2, 0) is 20.8 Å². The molecule has 0 N–H and O–H groups in total. The maximum atomic E-state index is 12.2. The quantitative estimate of drug-likeness (QED) is 0.485. The number of methoxy groups -OCH3 is 2. The molecule has 1 rings (SSSR count). The van der Waals surface area contributed by atoms with Gasteiger partial charge in [-0.2, -0.15) is 0 Å². The van der Waals surface area contributed by atoms with Crippen LogP contribution in [0.2, 0.25) is 0 Å². The summed E-state index contributed by atoms with van der Waals surface area (Å²) in [4.78, 5) is 29.3. The highest BCUT2D eigenvalue weighted by Crippen LogP contribution is 2.10. The van der Waals surface area contributed by atoms with E-state index >= 15 is 0 Å². The van der Waals surface area contributed by atoms with Gasteiger partial charge in [-0.05, 0) is 12.8 Å². The molecule has 1 heterocycles. The molecule has 1 aromatic heterocycles. The first kappa shape index (κ1) is 18.2. The summed E-state index contributed by atoms with van der Waals surface area (Å²) in [5.41, 5.74) is 0.107. The van der Waals surface area contributed by atoms with Crippen LogP contribution in [-0.4, -0.2) is 49.1 Å². The maximum Gasteiger partial charge on any atom is 0.360 e. The van der Waals surface area contributed by atoms with Crippen molar-refractivity contribution in [1.29, 1.82) is 0 Å². The van der Waals surface area contributed by atoms with E-state index in [2.05, 4.69) is 9.72 Å². The molecule has 0 atom stereocenters. The van der Waals surface area contributed by atoms with Crippen LogP contribution in [0.4, 0.5) is 0 Å². The average Bonchev–Trinajstić information content (AvgIpc) is 2.99. The van der Waals surface area contributed by atoms with Crippen molar-refractivity contribution in [3.05, 3.63) is 17.8 Å². The lowest BCUT2D eigenvalue weighted by Crippen LogP contribution is -2.32. The number of esters is 1. The number of carbonyl (C=O) groups excluding carboxylic acids is 2. The molecule has 0 fully saturated rings. The first-order chi connectivity index (χ1) is 10.6. The summed E-state index contributed by atoms with van der Waals surface area (Å²) in [6.07, 6.45) is 4.28. The molecular formula is C15H24N2O5. The Balaban J connectivity index is 2.67. The minimum atomic E-state index is -0.557. The topological polar surface area (TPSA) is 81.9 Å². The molecule has 0 saturated heterocycles. The minimum absolute atomic E-state index is 0.0516. The fourth-order valence-corrected chi connectivity index (χ4v) is 1.92. The second-order valence-corrected chi connectivity index (χ2v) is 4.88. The van der Waals surface area contributed by atoms with E-state index in [1.54, 1.807) is 12.0 Å². The molecule has 0 unspecified atom stereocenters. The number of ether oxygens (including phenoxy) is 2. The van der Waals surface area contributed by atoms with Crippen molar-refractivity contribution in [2.24, 2.45) is 0 Å². The molecule has 7 heteroatoms. The van der Waals surface area contributed by atoms with Crippen LogP contribution in [0.15, 0.2) is 10.7 Å². The third-order valence-electron chi connectivity index (χ3n) is 3.15. The Hall–Kier alpha value is -1.89. The van der Waals surface area contributed by atoms with Crippen LogP contribution in [0.25, 0.3) is 0 Å². The number of aromatic nitrogens is 1. The molecule has 124 valence electrons. The van der Waals surface area contributed by atoms with Gasteiger partial charge in [-0.15, -0.1) is 0 Å². The summed E-state index contributed by atoms with van der Waals surface area (Å²) in [6, 6.07) is 0. The molecule has 0 aromatic carbocycles. The normalized spacial score (nSPS) is 10.5. The number of unbranched alkanes of at least 4 members (excludes halogenated alkanes) is 1. The monoisotopic (exact) mass is 312 g/mol. The lowest BCUT2D eigenvalue weighted by Gasteiger charge is -2.21. The van der Waals surface area contributed by atoms with Crippen molar-refractivity contribution in [2.75, 3.05) is 27.4 Å². The van der Waals surface area contributed by atoms with E-state index in [4.69, 9.17) is 9.15 Å². The third kappa shape index (κ3) is 5.85. The van der Waals surface area contributed by atoms with Gasteiger partial charge in [0.2, 0.25) is 11.8 Å². The van der Waals surface area contributed by atoms with Gasteiger partial charge in [0.15, 0.2) is 5.69 Å². The molecule has 0 aliphatic heterocycles. The SMILES string of the molecule is CCCCC(=O)N(CCCOC)Cc1nc(C(=O)OC)co1. The molecule has 1 aromatic rings. The minimum Gasteiger partial charge on any atom is -0.464 e. The van der Waals surface area contributed by atoms with Crippen molar-refractivity contribution >= 4 is 11.9 Å². The average molecular weight is 312 g/mol. The van der Waals surface area contributed by atoms with Gasteiger partial charge in [0.25, 0.3) is 0 Å². The molecular weight excluding hydrogens is 288 g/mol. The summed E-state index contributed by atoms with van der Waals surface area (Å²) in [5.74, 6) is -0.184. The summed E-state index contributed by atoms with van der Waals surface area (Å²) in [7, 11) is 2.90. The first-order valence-corrected chi connectivity index (χ1v) is 7.41. The molecule has 0 aliphatic rings. The molecule has 1 amide bonds. The summed E-state index contributed by atoms with van der Waals surface area (Å²) >= 11 is 0. The summed E-state index contributed by atoms with van der Waals surface area (Å²) < 4.78 is 14.8. The van der Waals surface area contributed by atoms with E-state index in [0.29, 0.717) is 25.5 Å². The Morgan fingerprint density at radius 1 is 1.32 bits per heavy atom. The third-order valence-corrected chi connectivity index (χ3v) is 3.15. The number of amides is 1. The number of hydrogen-bond donors (Lipinski definition) is 0. The van der Waals surface area contributed by atoms with Crippen molar-refractivity contribution in [2.45, 2.75) is 39.2 Å². The van der Waals surface area contributed by atoms with Crippen molar-refractivity contribution in [1.82, 2.24) is 9.88 Å². The van der Waals surface area contributed by atoms with Gasteiger partial charge in [0, 0.05) is 26.7 Å². The Bertz CT molecular complexity index is 472. The summed E-state index contributed by atoms with van der Waals surface area (Å²) in [6.45, 7) is 3.42. The van der Waals surface area contributed by atoms with E-state index < -0.39 is 5.97 Å². The van der Waals surface area contributed by atoms with Gasteiger partial charge < -0.3 is 18.8 Å². The standard InChI is InChI=1S/C15H24N2O5/c1-4-5-7-14(18)17(8-6-9-20-2)10-13-16-12(11-22-13)15(19)21-3/h11H,4-10H2,1-3H3. The molecule has 7 nitrogen and oxygen atoms in total. The highest BCUT2D eigenvalue weighted by molar-refractivity contribution is 5.86. The smallest absolute Gasteiger partial charge is 0.360 e. The number of carbonyl (C=O) groups is 2. The van der Waals surface area contributed by atoms with Crippen LogP contribution in [0.3, 0.4) is 0 Å². The first-order valence-electron chi connectivity index (χ1n) is 7.41. The zero-order valence-electron chi connectivity index (χ0n) is 13.5. The number of hydrogen-bond acceptors (Lipinski definition) is 6. The van der Waals surface area contributed by atoms with E-state index in [0.717, 1.165) is 19.3 Å². The Labute approximate surface area is 130 Å². The number of nitrogens with zero attached hydrogens (tertiary/aromatic N) is 2. The summed E-state index contributed by atoms with van der Waals surface area (Å²) in [5, 5.41) is 0. The van der Waals surface area contributed by atoms with Crippen LogP contribution in [0.5, 0.6) is 0 Å². The van der Waals surface area contributed by atoms with E-state index in [9.17, 15) is 9.59 Å². The molecule has 0 bridgehead atoms. The van der Waals surface area contributed by atoms with E-state index in [1.165, 1.54) is 13.4 Å². The van der Waals surface area contributed by atoms with Gasteiger partial charge in [-0.25, -0.2) is 9.78 Å². The predicted octanol–water partition coefficient (Wildman–Crippen LogP) is 2.02. The van der Waals surface area contributed by atoms with Crippen molar-refractivity contribution < 1.29 is 23.5 Å². The second-order valence-electron chi connectivity index (χ2n) is 4.88. The predicted molar refractivity (Wildman–Crippen MR) is 79.3 cm³/mol. The number of rotatable bonds is 10. The van der Waals surface area contributed by atoms with Crippen LogP contribution >= 0.6 is 0 Å². The van der Waals surface area contributed by atoms with Gasteiger partial charge in [-0.1, -0.05) is 13.3 Å². The lowest BCUT2D eigenvalue weighted by atomic mass is 10.2. The van der Waals surface area contributed by atoms with Crippen LogP contribution in [0.1, 0.15) is 49.0 Å². The Morgan fingerprint density at radius 2 is 2.09 bits per heavy atom. The lowest BCUT2D eigenvalue weighted by molar-refractivity contribution is -0.132. The highest BCUT2D eigenvalue weighted by atomic mass is 16.5. The highest BCUT2D eigenvalue weighted by Gasteiger charge is 2.18. The molecule has 0 aliphatic carbocycles. The number of oxazole rings is 1. The van der Waals surface area contributed by atoms with Gasteiger partial charge in [0.05, 0.1) is 13.7 Å². The van der Waals surface area contributed by atoms with Gasteiger partial charge in [0.1, 0.15) is 6.26 Å². The maximum absolute atomic E-state index is 12.2. The molecule has 22 heavy (non-hydrogen) atoms. The van der Waals surface area contributed by atoms with Crippen LogP contribution < -0.4 is 0 Å². The van der Waals surface area contributed by atoms with E-state index in [-0.39, 0.29) is 18.1 Å². The largest absolute Gasteiger partial charge is 0.464 e. The van der Waals surface area contributed by atoms with Crippen molar-refractivity contribution in [3.63, 3.8) is 0 Å². The zero-order valence-corrected chi connectivity index (χ0v) is 13.5. The molecule has 0 saturated carbocycles. The Kier molecular flexibility index (Phi) is 8.21. The van der Waals surface area contributed by atoms with Gasteiger partial charge >= 0.3 is 5.97 Å². The fourth-order valence-electron chi connectivity index (χ4n) is 1.92. The Morgan fingerprint density at radius 3 is 2.73 bits per heavy atom.